The maximum atomic E-state index is 12.1. The van der Waals surface area contributed by atoms with Crippen LogP contribution < -0.4 is 0 Å². The van der Waals surface area contributed by atoms with Crippen LogP contribution in [0, 0.1) is 0 Å². The molecule has 0 unspecified atom stereocenters. The summed E-state index contributed by atoms with van der Waals surface area (Å²) in [6.45, 7) is 2.59. The van der Waals surface area contributed by atoms with Crippen molar-refractivity contribution in [2.75, 3.05) is 26.3 Å². The summed E-state index contributed by atoms with van der Waals surface area (Å²) in [5, 5.41) is 0. The van der Waals surface area contributed by atoms with Crippen LogP contribution in [0.5, 0.6) is 0 Å². The predicted molar refractivity (Wildman–Crippen MR) is 68.6 cm³/mol. The molecule has 5 heteroatoms. The highest BCUT2D eigenvalue weighted by atomic mass is 79.9. The molecule has 1 aromatic carbocycles. The topological polar surface area (TPSA) is 29.5 Å². The first-order valence-electron chi connectivity index (χ1n) is 5.00. The highest BCUT2D eigenvalue weighted by Gasteiger charge is 2.18. The monoisotopic (exact) mass is 347 g/mol. The summed E-state index contributed by atoms with van der Waals surface area (Å²) in [6, 6.07) is 5.58. The fraction of sp³-hybridized carbons (Fsp3) is 0.364. The van der Waals surface area contributed by atoms with Crippen molar-refractivity contribution in [1.82, 2.24) is 4.90 Å². The average Bonchev–Trinajstić information content (AvgIpc) is 2.28. The molecule has 1 heterocycles. The van der Waals surface area contributed by atoms with Crippen molar-refractivity contribution < 1.29 is 9.53 Å². The van der Waals surface area contributed by atoms with Gasteiger partial charge in [-0.25, -0.2) is 0 Å². The van der Waals surface area contributed by atoms with Gasteiger partial charge in [0.05, 0.1) is 13.2 Å². The Bertz CT molecular complexity index is 383. The van der Waals surface area contributed by atoms with Crippen molar-refractivity contribution in [2.24, 2.45) is 0 Å². The van der Waals surface area contributed by atoms with Gasteiger partial charge in [0, 0.05) is 27.6 Å². The summed E-state index contributed by atoms with van der Waals surface area (Å²) < 4.78 is 7.02. The SMILES string of the molecule is O=C(c1cc(Br)cc(Br)c1)N1CCOCC1. The van der Waals surface area contributed by atoms with Gasteiger partial charge in [-0.2, -0.15) is 0 Å². The zero-order valence-corrected chi connectivity index (χ0v) is 11.8. The van der Waals surface area contributed by atoms with E-state index in [-0.39, 0.29) is 5.91 Å². The first-order chi connectivity index (χ1) is 7.66. The quantitative estimate of drug-likeness (QED) is 0.780. The second-order valence-corrected chi connectivity index (χ2v) is 5.39. The summed E-state index contributed by atoms with van der Waals surface area (Å²) in [6.07, 6.45) is 0. The van der Waals surface area contributed by atoms with E-state index in [4.69, 9.17) is 4.74 Å². The number of morpholine rings is 1. The molecule has 86 valence electrons. The predicted octanol–water partition coefficient (Wildman–Crippen LogP) is 2.68. The van der Waals surface area contributed by atoms with Gasteiger partial charge in [0.2, 0.25) is 0 Å². The van der Waals surface area contributed by atoms with Crippen LogP contribution in [0.15, 0.2) is 27.1 Å². The van der Waals surface area contributed by atoms with E-state index in [2.05, 4.69) is 31.9 Å². The van der Waals surface area contributed by atoms with Crippen molar-refractivity contribution >= 4 is 37.8 Å². The van der Waals surface area contributed by atoms with Crippen molar-refractivity contribution in [3.8, 4) is 0 Å². The number of ether oxygens (including phenoxy) is 1. The molecule has 0 aromatic heterocycles. The molecule has 0 N–H and O–H groups in total. The second kappa shape index (κ2) is 5.29. The molecule has 16 heavy (non-hydrogen) atoms. The molecule has 1 fully saturated rings. The highest BCUT2D eigenvalue weighted by molar-refractivity contribution is 9.11. The molecule has 0 spiro atoms. The van der Waals surface area contributed by atoms with Crippen LogP contribution in [0.1, 0.15) is 10.4 Å². The fourth-order valence-corrected chi connectivity index (χ4v) is 2.92. The summed E-state index contributed by atoms with van der Waals surface area (Å²) in [4.78, 5) is 14.0. The molecule has 1 aliphatic rings. The van der Waals surface area contributed by atoms with E-state index in [9.17, 15) is 4.79 Å². The van der Waals surface area contributed by atoms with Crippen LogP contribution in [0.4, 0.5) is 0 Å². The molecule has 0 saturated carbocycles. The van der Waals surface area contributed by atoms with Gasteiger partial charge in [0.15, 0.2) is 0 Å². The molecular weight excluding hydrogens is 338 g/mol. The second-order valence-electron chi connectivity index (χ2n) is 3.56. The molecule has 3 nitrogen and oxygen atoms in total. The van der Waals surface area contributed by atoms with E-state index in [0.29, 0.717) is 31.9 Å². The molecule has 1 aromatic rings. The zero-order chi connectivity index (χ0) is 11.5. The van der Waals surface area contributed by atoms with E-state index in [0.717, 1.165) is 8.95 Å². The standard InChI is InChI=1S/C11H11Br2NO2/c12-9-5-8(6-10(13)7-9)11(15)14-1-3-16-4-2-14/h5-7H,1-4H2. The van der Waals surface area contributed by atoms with Gasteiger partial charge >= 0.3 is 0 Å². The van der Waals surface area contributed by atoms with Crippen molar-refractivity contribution in [3.05, 3.63) is 32.7 Å². The van der Waals surface area contributed by atoms with Gasteiger partial charge in [0.25, 0.3) is 5.91 Å². The minimum absolute atomic E-state index is 0.0605. The van der Waals surface area contributed by atoms with Gasteiger partial charge < -0.3 is 9.64 Å². The van der Waals surface area contributed by atoms with Gasteiger partial charge in [-0.3, -0.25) is 4.79 Å². The number of nitrogens with zero attached hydrogens (tertiary/aromatic N) is 1. The van der Waals surface area contributed by atoms with Gasteiger partial charge in [-0.1, -0.05) is 31.9 Å². The Labute approximate surface area is 111 Å². The van der Waals surface area contributed by atoms with Crippen molar-refractivity contribution in [3.63, 3.8) is 0 Å². The largest absolute Gasteiger partial charge is 0.378 e. The number of hydrogen-bond donors (Lipinski definition) is 0. The number of benzene rings is 1. The number of carbonyl (C=O) groups is 1. The molecule has 2 rings (SSSR count). The smallest absolute Gasteiger partial charge is 0.254 e. The molecule has 0 radical (unpaired) electrons. The Kier molecular flexibility index (Phi) is 4.00. The van der Waals surface area contributed by atoms with E-state index in [1.54, 1.807) is 0 Å². The Morgan fingerprint density at radius 1 is 1.12 bits per heavy atom. The number of halogens is 2. The van der Waals surface area contributed by atoms with Crippen LogP contribution in [-0.4, -0.2) is 37.1 Å². The normalized spacial score (nSPS) is 16.2. The minimum atomic E-state index is 0.0605. The van der Waals surface area contributed by atoms with Crippen LogP contribution in [0.2, 0.25) is 0 Å². The molecule has 1 saturated heterocycles. The van der Waals surface area contributed by atoms with E-state index in [1.807, 2.05) is 23.1 Å². The Morgan fingerprint density at radius 2 is 1.69 bits per heavy atom. The summed E-state index contributed by atoms with van der Waals surface area (Å²) in [7, 11) is 0. The highest BCUT2D eigenvalue weighted by Crippen LogP contribution is 2.21. The number of amides is 1. The molecule has 1 aliphatic heterocycles. The molecule has 0 atom stereocenters. The first-order valence-corrected chi connectivity index (χ1v) is 6.58. The van der Waals surface area contributed by atoms with Crippen LogP contribution in [-0.2, 0) is 4.74 Å². The first kappa shape index (κ1) is 12.1. The lowest BCUT2D eigenvalue weighted by atomic mass is 10.2. The molecule has 1 amide bonds. The third-order valence-electron chi connectivity index (χ3n) is 2.41. The van der Waals surface area contributed by atoms with E-state index in [1.165, 1.54) is 0 Å². The van der Waals surface area contributed by atoms with Crippen molar-refractivity contribution in [2.45, 2.75) is 0 Å². The molecule has 0 aliphatic carbocycles. The van der Waals surface area contributed by atoms with Crippen LogP contribution in [0.25, 0.3) is 0 Å². The lowest BCUT2D eigenvalue weighted by molar-refractivity contribution is 0.0303. The van der Waals surface area contributed by atoms with Crippen LogP contribution in [0.3, 0.4) is 0 Å². The lowest BCUT2D eigenvalue weighted by Gasteiger charge is -2.27. The lowest BCUT2D eigenvalue weighted by Crippen LogP contribution is -2.40. The van der Waals surface area contributed by atoms with Crippen LogP contribution >= 0.6 is 31.9 Å². The third-order valence-corrected chi connectivity index (χ3v) is 3.32. The zero-order valence-electron chi connectivity index (χ0n) is 8.58. The summed E-state index contributed by atoms with van der Waals surface area (Å²) >= 11 is 6.76. The summed E-state index contributed by atoms with van der Waals surface area (Å²) in [5.41, 5.74) is 0.697. The minimum Gasteiger partial charge on any atom is -0.378 e. The van der Waals surface area contributed by atoms with Gasteiger partial charge in [-0.05, 0) is 18.2 Å². The van der Waals surface area contributed by atoms with E-state index < -0.39 is 0 Å². The van der Waals surface area contributed by atoms with Gasteiger partial charge in [0.1, 0.15) is 0 Å². The molecule has 0 bridgehead atoms. The van der Waals surface area contributed by atoms with Gasteiger partial charge in [-0.15, -0.1) is 0 Å². The Hall–Kier alpha value is -0.390. The summed E-state index contributed by atoms with van der Waals surface area (Å²) in [5.74, 6) is 0.0605. The maximum Gasteiger partial charge on any atom is 0.254 e. The third kappa shape index (κ3) is 2.84. The van der Waals surface area contributed by atoms with E-state index >= 15 is 0 Å². The Morgan fingerprint density at radius 3 is 2.25 bits per heavy atom. The average molecular weight is 349 g/mol. The number of hydrogen-bond acceptors (Lipinski definition) is 2. The fourth-order valence-electron chi connectivity index (χ4n) is 1.63. The maximum absolute atomic E-state index is 12.1. The number of rotatable bonds is 1. The number of carbonyl (C=O) groups excluding carboxylic acids is 1. The molecular formula is C11H11Br2NO2. The van der Waals surface area contributed by atoms with Crippen molar-refractivity contribution in [1.29, 1.82) is 0 Å². The Balaban J connectivity index is 2.19.